The van der Waals surface area contributed by atoms with Gasteiger partial charge < -0.3 is 4.90 Å². The Bertz CT molecular complexity index is 910. The van der Waals surface area contributed by atoms with Gasteiger partial charge in [-0.3, -0.25) is 9.52 Å². The summed E-state index contributed by atoms with van der Waals surface area (Å²) < 4.78 is 27.4. The molecule has 1 saturated carbocycles. The van der Waals surface area contributed by atoms with Crippen LogP contribution in [-0.2, 0) is 10.0 Å². The van der Waals surface area contributed by atoms with Gasteiger partial charge in [0.1, 0.15) is 0 Å². The third-order valence-electron chi connectivity index (χ3n) is 4.96. The molecular formula is C20H23ClN2O3S. The van der Waals surface area contributed by atoms with Gasteiger partial charge >= 0.3 is 0 Å². The Morgan fingerprint density at radius 3 is 2.37 bits per heavy atom. The van der Waals surface area contributed by atoms with E-state index in [1.54, 1.807) is 29.2 Å². The second kappa shape index (κ2) is 8.31. The van der Waals surface area contributed by atoms with E-state index in [9.17, 15) is 13.2 Å². The molecule has 0 radical (unpaired) electrons. The van der Waals surface area contributed by atoms with Gasteiger partial charge in [-0.15, -0.1) is 0 Å². The molecule has 0 unspecified atom stereocenters. The second-order valence-corrected chi connectivity index (χ2v) is 8.91. The highest BCUT2D eigenvalue weighted by atomic mass is 35.5. The maximum atomic E-state index is 12.7. The van der Waals surface area contributed by atoms with E-state index in [4.69, 9.17) is 11.6 Å². The lowest BCUT2D eigenvalue weighted by Gasteiger charge is -2.31. The topological polar surface area (TPSA) is 66.5 Å². The van der Waals surface area contributed by atoms with Crippen LogP contribution in [0.4, 0.5) is 5.69 Å². The predicted octanol–water partition coefficient (Wildman–Crippen LogP) is 4.55. The quantitative estimate of drug-likeness (QED) is 0.792. The van der Waals surface area contributed by atoms with Crippen LogP contribution in [0.2, 0.25) is 5.02 Å². The van der Waals surface area contributed by atoms with Crippen LogP contribution < -0.4 is 4.72 Å². The van der Waals surface area contributed by atoms with Crippen molar-refractivity contribution in [3.63, 3.8) is 0 Å². The van der Waals surface area contributed by atoms with Crippen LogP contribution in [0.5, 0.6) is 0 Å². The van der Waals surface area contributed by atoms with Crippen molar-refractivity contribution in [1.29, 1.82) is 0 Å². The van der Waals surface area contributed by atoms with Crippen molar-refractivity contribution in [1.82, 2.24) is 4.90 Å². The highest BCUT2D eigenvalue weighted by Crippen LogP contribution is 2.28. The fraction of sp³-hybridized carbons (Fsp3) is 0.350. The molecule has 0 aliphatic heterocycles. The molecule has 0 saturated heterocycles. The molecular weight excluding hydrogens is 384 g/mol. The lowest BCUT2D eigenvalue weighted by molar-refractivity contribution is 0.0696. The van der Waals surface area contributed by atoms with E-state index in [1.165, 1.54) is 30.7 Å². The fourth-order valence-corrected chi connectivity index (χ4v) is 4.76. The second-order valence-electron chi connectivity index (χ2n) is 6.82. The maximum Gasteiger partial charge on any atom is 0.261 e. The van der Waals surface area contributed by atoms with Gasteiger partial charge in [0, 0.05) is 18.7 Å². The number of sulfonamides is 1. The van der Waals surface area contributed by atoms with Crippen molar-refractivity contribution in [2.75, 3.05) is 11.8 Å². The number of benzene rings is 2. The Labute approximate surface area is 165 Å². The monoisotopic (exact) mass is 406 g/mol. The molecule has 0 spiro atoms. The van der Waals surface area contributed by atoms with E-state index in [0.29, 0.717) is 5.56 Å². The summed E-state index contributed by atoms with van der Waals surface area (Å²) in [6, 6.07) is 13.0. The zero-order valence-corrected chi connectivity index (χ0v) is 16.8. The first kappa shape index (κ1) is 19.7. The Hall–Kier alpha value is -2.05. The molecule has 0 atom stereocenters. The van der Waals surface area contributed by atoms with Crippen LogP contribution in [0.15, 0.2) is 53.4 Å². The first-order valence-corrected chi connectivity index (χ1v) is 10.9. The van der Waals surface area contributed by atoms with Crippen LogP contribution in [-0.4, -0.2) is 32.3 Å². The Balaban J connectivity index is 1.76. The number of carbonyl (C=O) groups excluding carboxylic acids is 1. The van der Waals surface area contributed by atoms with Crippen molar-refractivity contribution in [2.24, 2.45) is 0 Å². The summed E-state index contributed by atoms with van der Waals surface area (Å²) in [5, 5.41) is 0.192. The number of nitrogens with zero attached hydrogens (tertiary/aromatic N) is 1. The number of nitrogens with one attached hydrogen (secondary N) is 1. The molecule has 0 aromatic heterocycles. The van der Waals surface area contributed by atoms with E-state index in [2.05, 4.69) is 4.72 Å². The van der Waals surface area contributed by atoms with Gasteiger partial charge in [-0.2, -0.15) is 0 Å². The average molecular weight is 407 g/mol. The predicted molar refractivity (Wildman–Crippen MR) is 108 cm³/mol. The average Bonchev–Trinajstić information content (AvgIpc) is 2.69. The Morgan fingerprint density at radius 2 is 1.74 bits per heavy atom. The SMILES string of the molecule is CN(C(=O)c1ccc(NS(=O)(=O)c2ccccc2)c(Cl)c1)C1CCCCC1. The number of carbonyl (C=O) groups is 1. The number of anilines is 1. The van der Waals surface area contributed by atoms with Crippen molar-refractivity contribution < 1.29 is 13.2 Å². The molecule has 2 aromatic rings. The van der Waals surface area contributed by atoms with Crippen molar-refractivity contribution in [2.45, 2.75) is 43.0 Å². The Kier molecular flexibility index (Phi) is 6.07. The van der Waals surface area contributed by atoms with E-state index >= 15 is 0 Å². The Morgan fingerprint density at radius 1 is 1.07 bits per heavy atom. The van der Waals surface area contributed by atoms with E-state index in [0.717, 1.165) is 25.7 Å². The van der Waals surface area contributed by atoms with Crippen LogP contribution in [0.25, 0.3) is 0 Å². The molecule has 1 amide bonds. The van der Waals surface area contributed by atoms with Crippen molar-refractivity contribution in [3.8, 4) is 0 Å². The largest absolute Gasteiger partial charge is 0.339 e. The van der Waals surface area contributed by atoms with Crippen LogP contribution in [0.3, 0.4) is 0 Å². The molecule has 2 aromatic carbocycles. The fourth-order valence-electron chi connectivity index (χ4n) is 3.37. The number of amides is 1. The molecule has 7 heteroatoms. The molecule has 1 fully saturated rings. The molecule has 0 bridgehead atoms. The van der Waals surface area contributed by atoms with Gasteiger partial charge in [0.25, 0.3) is 15.9 Å². The zero-order chi connectivity index (χ0) is 19.4. The minimum atomic E-state index is -3.73. The number of halogens is 1. The lowest BCUT2D eigenvalue weighted by atomic mass is 9.94. The summed E-state index contributed by atoms with van der Waals surface area (Å²) in [6.07, 6.45) is 5.54. The van der Waals surface area contributed by atoms with Crippen LogP contribution in [0, 0.1) is 0 Å². The number of hydrogen-bond acceptors (Lipinski definition) is 3. The smallest absolute Gasteiger partial charge is 0.261 e. The third kappa shape index (κ3) is 4.62. The van der Waals surface area contributed by atoms with Gasteiger partial charge in [0.05, 0.1) is 15.6 Å². The van der Waals surface area contributed by atoms with Gasteiger partial charge in [-0.05, 0) is 43.2 Å². The molecule has 144 valence electrons. The molecule has 1 aliphatic carbocycles. The van der Waals surface area contributed by atoms with E-state index in [1.807, 2.05) is 7.05 Å². The minimum Gasteiger partial charge on any atom is -0.339 e. The molecule has 1 aliphatic rings. The first-order chi connectivity index (χ1) is 12.9. The van der Waals surface area contributed by atoms with Gasteiger partial charge in [-0.25, -0.2) is 8.42 Å². The zero-order valence-electron chi connectivity index (χ0n) is 15.2. The summed E-state index contributed by atoms with van der Waals surface area (Å²) in [4.78, 5) is 14.7. The summed E-state index contributed by atoms with van der Waals surface area (Å²) in [7, 11) is -1.91. The number of hydrogen-bond donors (Lipinski definition) is 1. The van der Waals surface area contributed by atoms with Crippen LogP contribution >= 0.6 is 11.6 Å². The molecule has 1 N–H and O–H groups in total. The van der Waals surface area contributed by atoms with Gasteiger partial charge in [0.15, 0.2) is 0 Å². The maximum absolute atomic E-state index is 12.7. The summed E-state index contributed by atoms with van der Waals surface area (Å²) in [5.74, 6) is -0.0960. The van der Waals surface area contributed by atoms with E-state index < -0.39 is 10.0 Å². The first-order valence-electron chi connectivity index (χ1n) is 9.03. The van der Waals surface area contributed by atoms with Crippen LogP contribution in [0.1, 0.15) is 42.5 Å². The van der Waals surface area contributed by atoms with E-state index in [-0.39, 0.29) is 27.6 Å². The number of rotatable bonds is 5. The molecule has 5 nitrogen and oxygen atoms in total. The molecule has 3 rings (SSSR count). The van der Waals surface area contributed by atoms with Gasteiger partial charge in [-0.1, -0.05) is 49.1 Å². The highest BCUT2D eigenvalue weighted by Gasteiger charge is 2.24. The highest BCUT2D eigenvalue weighted by molar-refractivity contribution is 7.92. The van der Waals surface area contributed by atoms with Crippen molar-refractivity contribution >= 4 is 33.2 Å². The minimum absolute atomic E-state index is 0.0960. The molecule has 0 heterocycles. The summed E-state index contributed by atoms with van der Waals surface area (Å²) in [5.41, 5.74) is 0.702. The normalized spacial score (nSPS) is 15.3. The standard InChI is InChI=1S/C20H23ClN2O3S/c1-23(16-8-4-2-5-9-16)20(24)15-12-13-19(18(21)14-15)22-27(25,26)17-10-6-3-7-11-17/h3,6-7,10-14,16,22H,2,4-5,8-9H2,1H3. The summed E-state index contributed by atoms with van der Waals surface area (Å²) in [6.45, 7) is 0. The summed E-state index contributed by atoms with van der Waals surface area (Å²) >= 11 is 6.26. The third-order valence-corrected chi connectivity index (χ3v) is 6.65. The van der Waals surface area contributed by atoms with Crippen molar-refractivity contribution in [3.05, 3.63) is 59.1 Å². The lowest BCUT2D eigenvalue weighted by Crippen LogP contribution is -2.38. The molecule has 27 heavy (non-hydrogen) atoms. The van der Waals surface area contributed by atoms with Gasteiger partial charge in [0.2, 0.25) is 0 Å².